The number of nitrogens with two attached hydrogens (primary N) is 1. The Morgan fingerprint density at radius 1 is 1.35 bits per heavy atom. The van der Waals surface area contributed by atoms with Gasteiger partial charge in [-0.3, -0.25) is 9.69 Å². The minimum atomic E-state index is -0.394. The molecule has 7 nitrogen and oxygen atoms in total. The van der Waals surface area contributed by atoms with E-state index in [0.717, 1.165) is 51.2 Å². The molecule has 1 aliphatic rings. The second-order valence-corrected chi connectivity index (χ2v) is 5.98. The summed E-state index contributed by atoms with van der Waals surface area (Å²) in [6.07, 6.45) is 1.68. The molecule has 1 aliphatic heterocycles. The van der Waals surface area contributed by atoms with E-state index in [4.69, 9.17) is 10.5 Å². The molecule has 1 aromatic carbocycles. The van der Waals surface area contributed by atoms with Crippen molar-refractivity contribution in [3.8, 4) is 11.8 Å². The van der Waals surface area contributed by atoms with Gasteiger partial charge in [0.15, 0.2) is 0 Å². The number of rotatable bonds is 7. The van der Waals surface area contributed by atoms with E-state index in [1.165, 1.54) is 7.11 Å². The minimum absolute atomic E-state index is 0.243. The molecule has 2 rings (SSSR count). The molecule has 26 heavy (non-hydrogen) atoms. The van der Waals surface area contributed by atoms with E-state index in [1.54, 1.807) is 0 Å². The molecule has 0 unspecified atom stereocenters. The van der Waals surface area contributed by atoms with Crippen LogP contribution in [0.25, 0.3) is 0 Å². The second-order valence-electron chi connectivity index (χ2n) is 5.98. The fraction of sp³-hybridized carbons (Fsp3) is 0.474. The highest BCUT2D eigenvalue weighted by molar-refractivity contribution is 5.93. The first kappa shape index (κ1) is 19.8. The van der Waals surface area contributed by atoms with E-state index in [9.17, 15) is 9.59 Å². The van der Waals surface area contributed by atoms with Gasteiger partial charge in [-0.1, -0.05) is 11.8 Å². The lowest BCUT2D eigenvalue weighted by Crippen LogP contribution is -2.47. The second kappa shape index (κ2) is 10.4. The van der Waals surface area contributed by atoms with Crippen molar-refractivity contribution >= 4 is 18.1 Å². The quantitative estimate of drug-likeness (QED) is 0.310. The number of nitrogens with zero attached hydrogens (tertiary/aromatic N) is 2. The van der Waals surface area contributed by atoms with Gasteiger partial charge < -0.3 is 20.7 Å². The number of nitrogens with one attached hydrogen (secondary N) is 1. The molecule has 0 radical (unpaired) electrons. The van der Waals surface area contributed by atoms with Gasteiger partial charge in [0.1, 0.15) is 0 Å². The van der Waals surface area contributed by atoms with Gasteiger partial charge in [0, 0.05) is 44.0 Å². The molecule has 1 amide bonds. The van der Waals surface area contributed by atoms with Crippen LogP contribution in [0.15, 0.2) is 18.2 Å². The van der Waals surface area contributed by atoms with Crippen molar-refractivity contribution in [2.24, 2.45) is 5.73 Å². The zero-order valence-electron chi connectivity index (χ0n) is 15.2. The van der Waals surface area contributed by atoms with E-state index in [2.05, 4.69) is 27.0 Å². The maximum atomic E-state index is 12.1. The topological polar surface area (TPSA) is 87.9 Å². The van der Waals surface area contributed by atoms with Gasteiger partial charge >= 0.3 is 5.97 Å². The Hall–Kier alpha value is -2.56. The molecule has 3 N–H and O–H groups in total. The van der Waals surface area contributed by atoms with Crippen molar-refractivity contribution in [3.05, 3.63) is 29.3 Å². The third kappa shape index (κ3) is 5.48. The van der Waals surface area contributed by atoms with Crippen LogP contribution in [0, 0.1) is 11.8 Å². The molecule has 0 atom stereocenters. The number of piperazine rings is 1. The van der Waals surface area contributed by atoms with Gasteiger partial charge in [-0.25, -0.2) is 4.79 Å². The van der Waals surface area contributed by atoms with Crippen molar-refractivity contribution in [2.45, 2.75) is 6.42 Å². The molecule has 0 bridgehead atoms. The third-order valence-electron chi connectivity index (χ3n) is 4.35. The molecule has 140 valence electrons. The van der Waals surface area contributed by atoms with Crippen molar-refractivity contribution in [2.75, 3.05) is 57.8 Å². The zero-order valence-corrected chi connectivity index (χ0v) is 15.2. The Labute approximate surface area is 154 Å². The predicted molar refractivity (Wildman–Crippen MR) is 101 cm³/mol. The normalized spacial score (nSPS) is 14.3. The van der Waals surface area contributed by atoms with Crippen LogP contribution in [0.5, 0.6) is 0 Å². The first-order chi connectivity index (χ1) is 12.7. The lowest BCUT2D eigenvalue weighted by molar-refractivity contribution is -0.109. The predicted octanol–water partition coefficient (Wildman–Crippen LogP) is 0.0415. The SMILES string of the molecule is COC(=O)c1cc(N2CCN(CCCNC=O)CC2)ccc1C#CCN. The van der Waals surface area contributed by atoms with Crippen molar-refractivity contribution in [1.82, 2.24) is 10.2 Å². The van der Waals surface area contributed by atoms with E-state index in [-0.39, 0.29) is 6.54 Å². The molecule has 0 aliphatic carbocycles. The highest BCUT2D eigenvalue weighted by Gasteiger charge is 2.19. The van der Waals surface area contributed by atoms with E-state index < -0.39 is 5.97 Å². The van der Waals surface area contributed by atoms with Gasteiger partial charge in [-0.15, -0.1) is 0 Å². The average molecular weight is 358 g/mol. The number of hydrogen-bond donors (Lipinski definition) is 2. The number of amides is 1. The summed E-state index contributed by atoms with van der Waals surface area (Å²) >= 11 is 0. The molecular weight excluding hydrogens is 332 g/mol. The van der Waals surface area contributed by atoms with Crippen molar-refractivity contribution in [3.63, 3.8) is 0 Å². The van der Waals surface area contributed by atoms with Crippen LogP contribution in [0.4, 0.5) is 5.69 Å². The number of hydrogen-bond acceptors (Lipinski definition) is 6. The van der Waals surface area contributed by atoms with Gasteiger partial charge in [-0.05, 0) is 31.2 Å². The summed E-state index contributed by atoms with van der Waals surface area (Å²) in [4.78, 5) is 27.0. The van der Waals surface area contributed by atoms with Crippen LogP contribution in [0.1, 0.15) is 22.3 Å². The Kier molecular flexibility index (Phi) is 7.93. The highest BCUT2D eigenvalue weighted by Crippen LogP contribution is 2.21. The number of anilines is 1. The van der Waals surface area contributed by atoms with Gasteiger partial charge in [0.2, 0.25) is 6.41 Å². The Morgan fingerprint density at radius 2 is 2.12 bits per heavy atom. The summed E-state index contributed by atoms with van der Waals surface area (Å²) < 4.78 is 4.89. The summed E-state index contributed by atoms with van der Waals surface area (Å²) in [6.45, 7) is 5.58. The molecule has 1 aromatic rings. The maximum absolute atomic E-state index is 12.1. The summed E-state index contributed by atoms with van der Waals surface area (Å²) in [6, 6.07) is 5.67. The van der Waals surface area contributed by atoms with E-state index >= 15 is 0 Å². The lowest BCUT2D eigenvalue weighted by Gasteiger charge is -2.36. The highest BCUT2D eigenvalue weighted by atomic mass is 16.5. The Balaban J connectivity index is 2.01. The van der Waals surface area contributed by atoms with Crippen LogP contribution in [0.3, 0.4) is 0 Å². The third-order valence-corrected chi connectivity index (χ3v) is 4.35. The number of ether oxygens (including phenoxy) is 1. The largest absolute Gasteiger partial charge is 0.465 e. The molecular formula is C19H26N4O3. The number of esters is 1. The molecule has 0 saturated carbocycles. The zero-order chi connectivity index (χ0) is 18.8. The van der Waals surface area contributed by atoms with Crippen LogP contribution in [-0.2, 0) is 9.53 Å². The number of carbonyl (C=O) groups is 2. The first-order valence-corrected chi connectivity index (χ1v) is 8.75. The Morgan fingerprint density at radius 3 is 2.77 bits per heavy atom. The van der Waals surface area contributed by atoms with Crippen molar-refractivity contribution < 1.29 is 14.3 Å². The van der Waals surface area contributed by atoms with Crippen LogP contribution in [0.2, 0.25) is 0 Å². The van der Waals surface area contributed by atoms with E-state index in [1.807, 2.05) is 18.2 Å². The van der Waals surface area contributed by atoms with Gasteiger partial charge in [0.05, 0.1) is 19.2 Å². The number of benzene rings is 1. The summed E-state index contributed by atoms with van der Waals surface area (Å²) in [5, 5.41) is 2.68. The number of methoxy groups -OCH3 is 1. The Bertz CT molecular complexity index is 673. The molecule has 0 aromatic heterocycles. The van der Waals surface area contributed by atoms with Gasteiger partial charge in [0.25, 0.3) is 0 Å². The summed E-state index contributed by atoms with van der Waals surface area (Å²) in [5.74, 6) is 5.31. The molecule has 1 saturated heterocycles. The minimum Gasteiger partial charge on any atom is -0.465 e. The summed E-state index contributed by atoms with van der Waals surface area (Å²) in [7, 11) is 1.37. The van der Waals surface area contributed by atoms with Crippen LogP contribution < -0.4 is 16.0 Å². The molecule has 0 spiro atoms. The molecule has 1 fully saturated rings. The first-order valence-electron chi connectivity index (χ1n) is 8.75. The van der Waals surface area contributed by atoms with Gasteiger partial charge in [-0.2, -0.15) is 0 Å². The number of carbonyl (C=O) groups excluding carboxylic acids is 2. The monoisotopic (exact) mass is 358 g/mol. The maximum Gasteiger partial charge on any atom is 0.339 e. The molecule has 1 heterocycles. The van der Waals surface area contributed by atoms with E-state index in [0.29, 0.717) is 17.7 Å². The smallest absolute Gasteiger partial charge is 0.339 e. The fourth-order valence-corrected chi connectivity index (χ4v) is 2.96. The standard InChI is InChI=1S/C19H26N4O3/c1-26-19(25)18-14-17(6-5-16(18)4-2-7-20)23-12-10-22(11-13-23)9-3-8-21-15-24/h5-6,14-15H,3,7-13,20H2,1H3,(H,21,24). The van der Waals surface area contributed by atoms with Crippen LogP contribution >= 0.6 is 0 Å². The molecule has 7 heteroatoms. The lowest BCUT2D eigenvalue weighted by atomic mass is 10.1. The summed E-state index contributed by atoms with van der Waals surface area (Å²) in [5.41, 5.74) is 7.51. The average Bonchev–Trinajstić information content (AvgIpc) is 2.69. The van der Waals surface area contributed by atoms with Crippen molar-refractivity contribution in [1.29, 1.82) is 0 Å². The fourth-order valence-electron chi connectivity index (χ4n) is 2.96. The van der Waals surface area contributed by atoms with Crippen LogP contribution in [-0.4, -0.2) is 70.2 Å².